The number of nitrogens with zero attached hydrogens (tertiary/aromatic N) is 3. The number of piperazine rings is 1. The molecule has 2 atom stereocenters. The number of likely N-dealkylation sites (tertiary alicyclic amines) is 1. The third-order valence-electron chi connectivity index (χ3n) is 8.00. The molecule has 3 aliphatic carbocycles. The minimum Gasteiger partial charge on any atom is -0.340 e. The smallest absolute Gasteiger partial charge is 0.234 e. The summed E-state index contributed by atoms with van der Waals surface area (Å²) in [5.74, 6) is -0.606. The summed E-state index contributed by atoms with van der Waals surface area (Å²) in [5, 5.41) is 0. The number of carbonyl (C=O) groups excluding carboxylic acids is 3. The van der Waals surface area contributed by atoms with Gasteiger partial charge in [0.1, 0.15) is 0 Å². The molecule has 2 saturated heterocycles. The lowest BCUT2D eigenvalue weighted by Gasteiger charge is -2.45. The summed E-state index contributed by atoms with van der Waals surface area (Å²) in [7, 11) is 0. The summed E-state index contributed by atoms with van der Waals surface area (Å²) in [4.78, 5) is 44.4. The van der Waals surface area contributed by atoms with Crippen LogP contribution in [0.1, 0.15) is 41.0 Å². The number of hydrogen-bond acceptors (Lipinski definition) is 4. The molecular formula is C26H27N3O3. The molecule has 5 aliphatic rings. The monoisotopic (exact) mass is 429 g/mol. The summed E-state index contributed by atoms with van der Waals surface area (Å²) >= 11 is 0. The molecule has 6 nitrogen and oxygen atoms in total. The zero-order valence-corrected chi connectivity index (χ0v) is 18.2. The maximum absolute atomic E-state index is 13.6. The van der Waals surface area contributed by atoms with Gasteiger partial charge < -0.3 is 4.90 Å². The Morgan fingerprint density at radius 3 is 1.59 bits per heavy atom. The molecule has 2 unspecified atom stereocenters. The molecule has 0 radical (unpaired) electrons. The van der Waals surface area contributed by atoms with Crippen LogP contribution in [0.3, 0.4) is 0 Å². The number of carbonyl (C=O) groups is 3. The molecule has 7 rings (SSSR count). The molecule has 2 fully saturated rings. The van der Waals surface area contributed by atoms with E-state index in [9.17, 15) is 14.4 Å². The fraction of sp³-hybridized carbons (Fsp3) is 0.423. The van der Waals surface area contributed by atoms with E-state index in [2.05, 4.69) is 29.2 Å². The van der Waals surface area contributed by atoms with Crippen LogP contribution in [0.5, 0.6) is 0 Å². The lowest BCUT2D eigenvalue weighted by molar-refractivity contribution is -0.140. The number of imide groups is 1. The van der Waals surface area contributed by atoms with Crippen LogP contribution in [-0.2, 0) is 14.4 Å². The zero-order valence-electron chi connectivity index (χ0n) is 18.2. The van der Waals surface area contributed by atoms with Crippen molar-refractivity contribution in [2.24, 2.45) is 11.8 Å². The predicted molar refractivity (Wildman–Crippen MR) is 119 cm³/mol. The zero-order chi connectivity index (χ0) is 22.0. The van der Waals surface area contributed by atoms with Crippen molar-refractivity contribution in [1.29, 1.82) is 0 Å². The van der Waals surface area contributed by atoms with Gasteiger partial charge in [0, 0.05) is 58.0 Å². The Hall–Kier alpha value is -2.99. The molecule has 2 heterocycles. The number of amides is 3. The van der Waals surface area contributed by atoms with Crippen LogP contribution in [-0.4, -0.2) is 71.7 Å². The molecule has 0 saturated carbocycles. The molecule has 0 N–H and O–H groups in total. The van der Waals surface area contributed by atoms with Crippen molar-refractivity contribution in [3.63, 3.8) is 0 Å². The van der Waals surface area contributed by atoms with E-state index in [1.807, 2.05) is 29.2 Å². The first-order chi connectivity index (χ1) is 15.6. The van der Waals surface area contributed by atoms with E-state index in [0.29, 0.717) is 26.2 Å². The molecule has 2 aliphatic heterocycles. The number of benzene rings is 2. The largest absolute Gasteiger partial charge is 0.340 e. The number of hydrogen-bond donors (Lipinski definition) is 0. The highest BCUT2D eigenvalue weighted by atomic mass is 16.2. The van der Waals surface area contributed by atoms with Crippen molar-refractivity contribution in [2.75, 3.05) is 39.3 Å². The fourth-order valence-corrected chi connectivity index (χ4v) is 6.49. The molecule has 2 bridgehead atoms. The highest BCUT2D eigenvalue weighted by Crippen LogP contribution is 2.60. The van der Waals surface area contributed by atoms with E-state index in [1.165, 1.54) is 27.2 Å². The molecule has 2 aromatic rings. The van der Waals surface area contributed by atoms with Gasteiger partial charge in [0.05, 0.1) is 11.8 Å². The van der Waals surface area contributed by atoms with Gasteiger partial charge in [0.15, 0.2) is 0 Å². The summed E-state index contributed by atoms with van der Waals surface area (Å²) in [6.45, 7) is 5.67. The Balaban J connectivity index is 1.27. The SMILES string of the molecule is CC(=O)N1CCN(CCN2C(=O)C3C4c5ccccc5C(c5ccccc54)C3C2=O)CC1. The van der Waals surface area contributed by atoms with Crippen LogP contribution < -0.4 is 0 Å². The average molecular weight is 430 g/mol. The van der Waals surface area contributed by atoms with Gasteiger partial charge in [-0.3, -0.25) is 24.2 Å². The standard InChI is InChI=1S/C26H27N3O3/c1-16(30)28-13-10-27(11-14-28)12-15-29-25(31)23-21-17-6-2-3-7-18(17)22(24(23)26(29)32)20-9-5-4-8-19(20)21/h2-9,21-24H,10-15H2,1H3. The van der Waals surface area contributed by atoms with Crippen molar-refractivity contribution < 1.29 is 14.4 Å². The second kappa shape index (κ2) is 7.27. The first kappa shape index (κ1) is 19.7. The second-order valence-corrected chi connectivity index (χ2v) is 9.44. The minimum absolute atomic E-state index is 0.0126. The second-order valence-electron chi connectivity index (χ2n) is 9.44. The third-order valence-corrected chi connectivity index (χ3v) is 8.00. The molecule has 2 aromatic carbocycles. The molecule has 0 spiro atoms. The van der Waals surface area contributed by atoms with E-state index in [-0.39, 0.29) is 41.4 Å². The topological polar surface area (TPSA) is 60.9 Å². The Bertz CT molecular complexity index is 1010. The van der Waals surface area contributed by atoms with Crippen LogP contribution in [0, 0.1) is 11.8 Å². The van der Waals surface area contributed by atoms with Gasteiger partial charge >= 0.3 is 0 Å². The van der Waals surface area contributed by atoms with E-state index in [0.717, 1.165) is 13.1 Å². The van der Waals surface area contributed by atoms with Crippen molar-refractivity contribution in [3.05, 3.63) is 70.8 Å². The molecule has 3 amide bonds. The Labute approximate surface area is 187 Å². The van der Waals surface area contributed by atoms with Gasteiger partial charge in [-0.25, -0.2) is 0 Å². The van der Waals surface area contributed by atoms with Crippen LogP contribution in [0.4, 0.5) is 0 Å². The summed E-state index contributed by atoms with van der Waals surface area (Å²) in [6, 6.07) is 16.7. The quantitative estimate of drug-likeness (QED) is 0.701. The van der Waals surface area contributed by atoms with Crippen molar-refractivity contribution in [3.8, 4) is 0 Å². The van der Waals surface area contributed by atoms with Crippen LogP contribution in [0.2, 0.25) is 0 Å². The summed E-state index contributed by atoms with van der Waals surface area (Å²) < 4.78 is 0. The first-order valence-electron chi connectivity index (χ1n) is 11.6. The average Bonchev–Trinajstić information content (AvgIpc) is 3.08. The van der Waals surface area contributed by atoms with E-state index >= 15 is 0 Å². The predicted octanol–water partition coefficient (Wildman–Crippen LogP) is 2.04. The van der Waals surface area contributed by atoms with Gasteiger partial charge in [-0.05, 0) is 22.3 Å². The highest BCUT2D eigenvalue weighted by molar-refractivity contribution is 6.07. The van der Waals surface area contributed by atoms with E-state index in [1.54, 1.807) is 6.92 Å². The lowest BCUT2D eigenvalue weighted by Crippen LogP contribution is -2.50. The first-order valence-corrected chi connectivity index (χ1v) is 11.6. The van der Waals surface area contributed by atoms with Crippen molar-refractivity contribution in [2.45, 2.75) is 18.8 Å². The molecule has 0 aromatic heterocycles. The van der Waals surface area contributed by atoms with E-state index < -0.39 is 0 Å². The van der Waals surface area contributed by atoms with Crippen molar-refractivity contribution >= 4 is 17.7 Å². The number of rotatable bonds is 3. The van der Waals surface area contributed by atoms with Crippen molar-refractivity contribution in [1.82, 2.24) is 14.7 Å². The minimum atomic E-state index is -0.299. The fourth-order valence-electron chi connectivity index (χ4n) is 6.49. The molecular weight excluding hydrogens is 402 g/mol. The third kappa shape index (κ3) is 2.72. The van der Waals surface area contributed by atoms with Crippen LogP contribution in [0.15, 0.2) is 48.5 Å². The van der Waals surface area contributed by atoms with Gasteiger partial charge in [0.2, 0.25) is 17.7 Å². The Morgan fingerprint density at radius 1 is 0.750 bits per heavy atom. The van der Waals surface area contributed by atoms with Gasteiger partial charge in [-0.2, -0.15) is 0 Å². The molecule has 6 heteroatoms. The maximum atomic E-state index is 13.6. The van der Waals surface area contributed by atoms with Gasteiger partial charge in [-0.1, -0.05) is 48.5 Å². The van der Waals surface area contributed by atoms with Crippen LogP contribution in [0.25, 0.3) is 0 Å². The van der Waals surface area contributed by atoms with E-state index in [4.69, 9.17) is 0 Å². The normalized spacial score (nSPS) is 28.5. The highest BCUT2D eigenvalue weighted by Gasteiger charge is 2.61. The molecule has 32 heavy (non-hydrogen) atoms. The van der Waals surface area contributed by atoms with Gasteiger partial charge in [0.25, 0.3) is 0 Å². The molecule has 164 valence electrons. The summed E-state index contributed by atoms with van der Waals surface area (Å²) in [5.41, 5.74) is 4.84. The lowest BCUT2D eigenvalue weighted by atomic mass is 9.55. The van der Waals surface area contributed by atoms with Crippen LogP contribution >= 0.6 is 0 Å². The Morgan fingerprint density at radius 2 is 1.19 bits per heavy atom. The Kier molecular flexibility index (Phi) is 4.47. The summed E-state index contributed by atoms with van der Waals surface area (Å²) in [6.07, 6.45) is 0. The van der Waals surface area contributed by atoms with Gasteiger partial charge in [-0.15, -0.1) is 0 Å². The maximum Gasteiger partial charge on any atom is 0.234 e.